The highest BCUT2D eigenvalue weighted by Gasteiger charge is 2.11. The van der Waals surface area contributed by atoms with Gasteiger partial charge in [-0.3, -0.25) is 4.98 Å². The molecule has 1 aromatic carbocycles. The monoisotopic (exact) mass is 398 g/mol. The van der Waals surface area contributed by atoms with Gasteiger partial charge in [0.2, 0.25) is 0 Å². The SMILES string of the molecule is c1cc(CCc2ccc(Cc3c[nH]c4ncccc34)cn2)cc(N2CCOCC2)c1. The van der Waals surface area contributed by atoms with Crippen molar-refractivity contribution in [1.82, 2.24) is 15.0 Å². The maximum absolute atomic E-state index is 5.47. The van der Waals surface area contributed by atoms with Crippen LogP contribution in [0.3, 0.4) is 0 Å². The Morgan fingerprint density at radius 3 is 2.73 bits per heavy atom. The molecule has 0 unspecified atom stereocenters. The molecule has 0 saturated carbocycles. The van der Waals surface area contributed by atoms with Crippen LogP contribution in [0.5, 0.6) is 0 Å². The van der Waals surface area contributed by atoms with E-state index < -0.39 is 0 Å². The number of ether oxygens (including phenoxy) is 1. The van der Waals surface area contributed by atoms with Gasteiger partial charge in [0.05, 0.1) is 13.2 Å². The van der Waals surface area contributed by atoms with Crippen molar-refractivity contribution in [1.29, 1.82) is 0 Å². The van der Waals surface area contributed by atoms with Crippen molar-refractivity contribution in [3.8, 4) is 0 Å². The molecule has 4 heterocycles. The van der Waals surface area contributed by atoms with Crippen molar-refractivity contribution >= 4 is 16.7 Å². The number of H-pyrrole nitrogens is 1. The quantitative estimate of drug-likeness (QED) is 0.530. The average Bonchev–Trinajstić information content (AvgIpc) is 3.22. The number of benzene rings is 1. The van der Waals surface area contributed by atoms with Crippen LogP contribution >= 0.6 is 0 Å². The van der Waals surface area contributed by atoms with Gasteiger partial charge in [-0.2, -0.15) is 0 Å². The highest BCUT2D eigenvalue weighted by atomic mass is 16.5. The van der Waals surface area contributed by atoms with Gasteiger partial charge < -0.3 is 14.6 Å². The summed E-state index contributed by atoms with van der Waals surface area (Å²) in [6.07, 6.45) is 8.68. The first-order valence-corrected chi connectivity index (χ1v) is 10.6. The summed E-state index contributed by atoms with van der Waals surface area (Å²) in [7, 11) is 0. The van der Waals surface area contributed by atoms with Crippen LogP contribution in [0.4, 0.5) is 5.69 Å². The lowest BCUT2D eigenvalue weighted by atomic mass is 10.0. The number of rotatable bonds is 6. The Kier molecular flexibility index (Phi) is 5.44. The zero-order valence-corrected chi connectivity index (χ0v) is 17.1. The Hall–Kier alpha value is -3.18. The normalized spacial score (nSPS) is 14.3. The van der Waals surface area contributed by atoms with Crippen molar-refractivity contribution in [2.45, 2.75) is 19.3 Å². The van der Waals surface area contributed by atoms with Gasteiger partial charge in [0.1, 0.15) is 5.65 Å². The largest absolute Gasteiger partial charge is 0.378 e. The minimum absolute atomic E-state index is 0.815. The van der Waals surface area contributed by atoms with Crippen molar-refractivity contribution in [3.63, 3.8) is 0 Å². The van der Waals surface area contributed by atoms with Crippen molar-refractivity contribution in [2.75, 3.05) is 31.2 Å². The second-order valence-electron chi connectivity index (χ2n) is 7.82. The fraction of sp³-hybridized carbons (Fsp3) is 0.280. The zero-order valence-electron chi connectivity index (χ0n) is 17.1. The molecular weight excluding hydrogens is 372 g/mol. The molecule has 4 aromatic rings. The van der Waals surface area contributed by atoms with E-state index in [9.17, 15) is 0 Å². The lowest BCUT2D eigenvalue weighted by Crippen LogP contribution is -2.36. The third kappa shape index (κ3) is 4.21. The molecule has 1 saturated heterocycles. The number of nitrogens with zero attached hydrogens (tertiary/aromatic N) is 3. The summed E-state index contributed by atoms with van der Waals surface area (Å²) in [5.41, 5.74) is 7.21. The molecule has 0 spiro atoms. The Morgan fingerprint density at radius 2 is 1.87 bits per heavy atom. The van der Waals surface area contributed by atoms with Gasteiger partial charge in [0, 0.05) is 54.9 Å². The first-order chi connectivity index (χ1) is 14.8. The number of hydrogen-bond donors (Lipinski definition) is 1. The molecule has 0 aliphatic carbocycles. The minimum atomic E-state index is 0.815. The molecule has 0 amide bonds. The molecule has 3 aromatic heterocycles. The number of aryl methyl sites for hydroxylation is 2. The van der Waals surface area contributed by atoms with E-state index in [2.05, 4.69) is 57.3 Å². The third-order valence-corrected chi connectivity index (χ3v) is 5.77. The van der Waals surface area contributed by atoms with E-state index in [1.54, 1.807) is 0 Å². The molecule has 1 fully saturated rings. The van der Waals surface area contributed by atoms with Crippen LogP contribution in [0.2, 0.25) is 0 Å². The van der Waals surface area contributed by atoms with Crippen molar-refractivity contribution in [3.05, 3.63) is 89.5 Å². The van der Waals surface area contributed by atoms with Crippen LogP contribution in [-0.4, -0.2) is 41.3 Å². The summed E-state index contributed by atoms with van der Waals surface area (Å²) in [4.78, 5) is 14.7. The zero-order chi connectivity index (χ0) is 20.2. The first-order valence-electron chi connectivity index (χ1n) is 10.6. The van der Waals surface area contributed by atoms with E-state index in [4.69, 9.17) is 9.72 Å². The topological polar surface area (TPSA) is 54.0 Å². The molecule has 30 heavy (non-hydrogen) atoms. The summed E-state index contributed by atoms with van der Waals surface area (Å²) in [5.74, 6) is 0. The van der Waals surface area contributed by atoms with Gasteiger partial charge >= 0.3 is 0 Å². The smallest absolute Gasteiger partial charge is 0.137 e. The van der Waals surface area contributed by atoms with Crippen LogP contribution in [0, 0.1) is 0 Å². The van der Waals surface area contributed by atoms with E-state index >= 15 is 0 Å². The van der Waals surface area contributed by atoms with Crippen molar-refractivity contribution < 1.29 is 4.74 Å². The van der Waals surface area contributed by atoms with E-state index in [-0.39, 0.29) is 0 Å². The number of nitrogens with one attached hydrogen (secondary N) is 1. The molecule has 5 rings (SSSR count). The molecule has 0 atom stereocenters. The fourth-order valence-corrected chi connectivity index (χ4v) is 4.09. The molecule has 0 bridgehead atoms. The third-order valence-electron chi connectivity index (χ3n) is 5.77. The number of pyridine rings is 2. The summed E-state index contributed by atoms with van der Waals surface area (Å²) in [5, 5.41) is 1.18. The molecule has 152 valence electrons. The number of anilines is 1. The van der Waals surface area contributed by atoms with E-state index in [1.807, 2.05) is 24.7 Å². The Morgan fingerprint density at radius 1 is 0.933 bits per heavy atom. The summed E-state index contributed by atoms with van der Waals surface area (Å²) >= 11 is 0. The first kappa shape index (κ1) is 18.8. The maximum Gasteiger partial charge on any atom is 0.137 e. The van der Waals surface area contributed by atoms with Crippen LogP contribution in [0.15, 0.2) is 67.1 Å². The molecule has 1 N–H and O–H groups in total. The van der Waals surface area contributed by atoms with Gasteiger partial charge in [-0.1, -0.05) is 18.2 Å². The summed E-state index contributed by atoms with van der Waals surface area (Å²) in [6.45, 7) is 3.57. The Balaban J connectivity index is 1.21. The lowest BCUT2D eigenvalue weighted by Gasteiger charge is -2.29. The Labute approximate surface area is 176 Å². The van der Waals surface area contributed by atoms with E-state index in [1.165, 1.54) is 27.8 Å². The highest BCUT2D eigenvalue weighted by molar-refractivity contribution is 5.79. The minimum Gasteiger partial charge on any atom is -0.378 e. The van der Waals surface area contributed by atoms with Gasteiger partial charge in [-0.25, -0.2) is 4.98 Å². The van der Waals surface area contributed by atoms with Crippen LogP contribution in [0.1, 0.15) is 22.4 Å². The predicted molar refractivity (Wildman–Crippen MR) is 120 cm³/mol. The van der Waals surface area contributed by atoms with Crippen LogP contribution < -0.4 is 4.90 Å². The fourth-order valence-electron chi connectivity index (χ4n) is 4.09. The Bertz CT molecular complexity index is 1110. The lowest BCUT2D eigenvalue weighted by molar-refractivity contribution is 0.122. The average molecular weight is 399 g/mol. The number of aromatic amines is 1. The number of morpholine rings is 1. The van der Waals surface area contributed by atoms with Crippen LogP contribution in [-0.2, 0) is 24.0 Å². The standard InChI is InChI=1S/C25H26N4O/c1-3-19(16-23(4-1)29-11-13-30-14-12-29)6-8-22-9-7-20(17-27-22)15-21-18-28-25-24(21)5-2-10-26-25/h1-5,7,9-10,16-18H,6,8,11-15H2,(H,26,28). The number of aromatic nitrogens is 3. The van der Waals surface area contributed by atoms with Crippen LogP contribution in [0.25, 0.3) is 11.0 Å². The summed E-state index contributed by atoms with van der Waals surface area (Å²) < 4.78 is 5.47. The van der Waals surface area contributed by atoms with Gasteiger partial charge in [-0.15, -0.1) is 0 Å². The van der Waals surface area contributed by atoms with E-state index in [0.29, 0.717) is 0 Å². The molecule has 5 heteroatoms. The second-order valence-corrected chi connectivity index (χ2v) is 7.82. The molecule has 1 aliphatic heterocycles. The van der Waals surface area contributed by atoms with E-state index in [0.717, 1.165) is 56.9 Å². The number of fused-ring (bicyclic) bond motifs is 1. The van der Waals surface area contributed by atoms with Gasteiger partial charge in [-0.05, 0) is 59.9 Å². The van der Waals surface area contributed by atoms with Gasteiger partial charge in [0.15, 0.2) is 0 Å². The summed E-state index contributed by atoms with van der Waals surface area (Å²) in [6, 6.07) is 17.3. The molecule has 1 aliphatic rings. The predicted octanol–water partition coefficient (Wildman–Crippen LogP) is 4.17. The van der Waals surface area contributed by atoms with Gasteiger partial charge in [0.25, 0.3) is 0 Å². The second kappa shape index (κ2) is 8.67. The highest BCUT2D eigenvalue weighted by Crippen LogP contribution is 2.20. The number of hydrogen-bond acceptors (Lipinski definition) is 4. The maximum atomic E-state index is 5.47. The molecule has 0 radical (unpaired) electrons. The molecular formula is C25H26N4O. The van der Waals surface area contributed by atoms with Crippen molar-refractivity contribution in [2.24, 2.45) is 0 Å². The molecule has 5 nitrogen and oxygen atoms in total.